The van der Waals surface area contributed by atoms with Crippen LogP contribution in [0.25, 0.3) is 0 Å². The van der Waals surface area contributed by atoms with Crippen molar-refractivity contribution in [2.45, 2.75) is 18.8 Å². The molecular formula is C11H15NO2. The lowest BCUT2D eigenvalue weighted by atomic mass is 10.1. The zero-order valence-electron chi connectivity index (χ0n) is 8.54. The van der Waals surface area contributed by atoms with E-state index >= 15 is 0 Å². The lowest BCUT2D eigenvalue weighted by molar-refractivity contribution is 0.397. The highest BCUT2D eigenvalue weighted by Gasteiger charge is 2.25. The van der Waals surface area contributed by atoms with Gasteiger partial charge in [-0.15, -0.1) is 0 Å². The molecule has 2 N–H and O–H groups in total. The minimum Gasteiger partial charge on any atom is -0.494 e. The van der Waals surface area contributed by atoms with Gasteiger partial charge < -0.3 is 15.2 Å². The van der Waals surface area contributed by atoms with E-state index in [1.807, 2.05) is 12.1 Å². The van der Waals surface area contributed by atoms with E-state index in [1.54, 1.807) is 14.2 Å². The van der Waals surface area contributed by atoms with Gasteiger partial charge in [-0.2, -0.15) is 0 Å². The number of hydrogen-bond donors (Lipinski definition) is 1. The molecule has 76 valence electrons. The number of nitrogen functional groups attached to an aromatic ring is 1. The van der Waals surface area contributed by atoms with Crippen LogP contribution in [0.1, 0.15) is 24.3 Å². The van der Waals surface area contributed by atoms with Crippen molar-refractivity contribution >= 4 is 5.69 Å². The van der Waals surface area contributed by atoms with Gasteiger partial charge in [0.2, 0.25) is 0 Å². The molecule has 2 rings (SSSR count). The van der Waals surface area contributed by atoms with Gasteiger partial charge in [0.05, 0.1) is 14.2 Å². The minimum atomic E-state index is 0.583. The van der Waals surface area contributed by atoms with Crippen molar-refractivity contribution in [3.05, 3.63) is 17.7 Å². The minimum absolute atomic E-state index is 0.583. The molecule has 0 amide bonds. The van der Waals surface area contributed by atoms with E-state index in [-0.39, 0.29) is 0 Å². The second-order valence-electron chi connectivity index (χ2n) is 3.61. The Labute approximate surface area is 83.8 Å². The second kappa shape index (κ2) is 3.40. The molecule has 3 nitrogen and oxygen atoms in total. The first-order valence-electron chi connectivity index (χ1n) is 4.77. The normalized spacial score (nSPS) is 15.3. The van der Waals surface area contributed by atoms with Crippen LogP contribution in [0.15, 0.2) is 12.1 Å². The fourth-order valence-corrected chi connectivity index (χ4v) is 1.61. The van der Waals surface area contributed by atoms with E-state index in [2.05, 4.69) is 0 Å². The zero-order chi connectivity index (χ0) is 10.1. The highest BCUT2D eigenvalue weighted by Crippen LogP contribution is 2.44. The maximum atomic E-state index is 5.84. The standard InChI is InChI=1S/C11H15NO2/c1-13-9-5-8(7-3-4-7)6-10(14-2)11(9)12/h5-7H,3-4,12H2,1-2H3. The average molecular weight is 193 g/mol. The molecule has 1 aromatic carbocycles. The fourth-order valence-electron chi connectivity index (χ4n) is 1.61. The Bertz CT molecular complexity index is 320. The molecule has 0 unspecified atom stereocenters. The van der Waals surface area contributed by atoms with Crippen LogP contribution in [0.3, 0.4) is 0 Å². The molecule has 0 heterocycles. The number of ether oxygens (including phenoxy) is 2. The van der Waals surface area contributed by atoms with Crippen molar-refractivity contribution in [2.24, 2.45) is 0 Å². The molecule has 0 saturated heterocycles. The van der Waals surface area contributed by atoms with Crippen molar-refractivity contribution in [2.75, 3.05) is 20.0 Å². The first kappa shape index (κ1) is 9.19. The summed E-state index contributed by atoms with van der Waals surface area (Å²) >= 11 is 0. The molecule has 1 aliphatic rings. The molecule has 0 atom stereocenters. The van der Waals surface area contributed by atoms with Crippen LogP contribution < -0.4 is 15.2 Å². The smallest absolute Gasteiger partial charge is 0.145 e. The molecule has 0 spiro atoms. The van der Waals surface area contributed by atoms with Crippen LogP contribution in [0, 0.1) is 0 Å². The Morgan fingerprint density at radius 2 is 1.64 bits per heavy atom. The Hall–Kier alpha value is -1.38. The summed E-state index contributed by atoms with van der Waals surface area (Å²) in [6.45, 7) is 0. The van der Waals surface area contributed by atoms with E-state index < -0.39 is 0 Å². The molecule has 0 aliphatic heterocycles. The molecule has 0 aromatic heterocycles. The van der Waals surface area contributed by atoms with Crippen LogP contribution >= 0.6 is 0 Å². The van der Waals surface area contributed by atoms with Crippen molar-refractivity contribution in [1.82, 2.24) is 0 Å². The molecule has 1 fully saturated rings. The van der Waals surface area contributed by atoms with E-state index in [4.69, 9.17) is 15.2 Å². The molecule has 1 saturated carbocycles. The van der Waals surface area contributed by atoms with Gasteiger partial charge >= 0.3 is 0 Å². The van der Waals surface area contributed by atoms with Gasteiger partial charge in [0.25, 0.3) is 0 Å². The van der Waals surface area contributed by atoms with Gasteiger partial charge in [-0.25, -0.2) is 0 Å². The van der Waals surface area contributed by atoms with Crippen molar-refractivity contribution < 1.29 is 9.47 Å². The number of anilines is 1. The maximum absolute atomic E-state index is 5.84. The first-order valence-corrected chi connectivity index (χ1v) is 4.77. The molecule has 3 heteroatoms. The van der Waals surface area contributed by atoms with Gasteiger partial charge in [0.1, 0.15) is 17.2 Å². The van der Waals surface area contributed by atoms with Crippen LogP contribution in [-0.2, 0) is 0 Å². The number of rotatable bonds is 3. The molecule has 0 bridgehead atoms. The highest BCUT2D eigenvalue weighted by molar-refractivity contribution is 5.65. The van der Waals surface area contributed by atoms with Crippen molar-refractivity contribution in [1.29, 1.82) is 0 Å². The van der Waals surface area contributed by atoms with Gasteiger partial charge in [0.15, 0.2) is 0 Å². The maximum Gasteiger partial charge on any atom is 0.145 e. The van der Waals surface area contributed by atoms with E-state index in [0.717, 1.165) is 0 Å². The Morgan fingerprint density at radius 1 is 1.14 bits per heavy atom. The third-order valence-electron chi connectivity index (χ3n) is 2.62. The van der Waals surface area contributed by atoms with Gasteiger partial charge in [-0.3, -0.25) is 0 Å². The molecule has 1 aliphatic carbocycles. The summed E-state index contributed by atoms with van der Waals surface area (Å²) in [5.74, 6) is 2.11. The third-order valence-corrected chi connectivity index (χ3v) is 2.62. The number of benzene rings is 1. The fraction of sp³-hybridized carbons (Fsp3) is 0.455. The Balaban J connectivity index is 2.43. The summed E-state index contributed by atoms with van der Waals surface area (Å²) in [5, 5.41) is 0. The SMILES string of the molecule is COc1cc(C2CC2)cc(OC)c1N. The van der Waals surface area contributed by atoms with Crippen LogP contribution in [0.2, 0.25) is 0 Å². The molecular weight excluding hydrogens is 178 g/mol. The monoisotopic (exact) mass is 193 g/mol. The topological polar surface area (TPSA) is 44.5 Å². The van der Waals surface area contributed by atoms with Crippen molar-refractivity contribution in [3.63, 3.8) is 0 Å². The number of hydrogen-bond acceptors (Lipinski definition) is 3. The third kappa shape index (κ3) is 1.50. The molecule has 14 heavy (non-hydrogen) atoms. The van der Waals surface area contributed by atoms with Crippen LogP contribution in [0.4, 0.5) is 5.69 Å². The van der Waals surface area contributed by atoms with Crippen molar-refractivity contribution in [3.8, 4) is 11.5 Å². The summed E-state index contributed by atoms with van der Waals surface area (Å²) in [6.07, 6.45) is 2.52. The van der Waals surface area contributed by atoms with E-state index in [1.165, 1.54) is 18.4 Å². The van der Waals surface area contributed by atoms with E-state index in [9.17, 15) is 0 Å². The Morgan fingerprint density at radius 3 is 2.00 bits per heavy atom. The summed E-state index contributed by atoms with van der Waals surface area (Å²) in [7, 11) is 3.25. The lowest BCUT2D eigenvalue weighted by Crippen LogP contribution is -1.98. The lowest BCUT2D eigenvalue weighted by Gasteiger charge is -2.11. The Kier molecular flexibility index (Phi) is 2.23. The molecule has 1 aromatic rings. The van der Waals surface area contributed by atoms with Crippen LogP contribution in [0.5, 0.6) is 11.5 Å². The quantitative estimate of drug-likeness (QED) is 0.748. The predicted octanol–water partition coefficient (Wildman–Crippen LogP) is 2.16. The molecule has 0 radical (unpaired) electrons. The summed E-state index contributed by atoms with van der Waals surface area (Å²) in [6, 6.07) is 4.02. The zero-order valence-corrected chi connectivity index (χ0v) is 8.54. The van der Waals surface area contributed by atoms with E-state index in [0.29, 0.717) is 23.1 Å². The highest BCUT2D eigenvalue weighted by atomic mass is 16.5. The summed E-state index contributed by atoms with van der Waals surface area (Å²) in [4.78, 5) is 0. The van der Waals surface area contributed by atoms with Gasteiger partial charge in [-0.05, 0) is 36.5 Å². The van der Waals surface area contributed by atoms with Gasteiger partial charge in [0, 0.05) is 0 Å². The predicted molar refractivity (Wildman–Crippen MR) is 55.9 cm³/mol. The summed E-state index contributed by atoms with van der Waals surface area (Å²) in [5.41, 5.74) is 7.70. The van der Waals surface area contributed by atoms with Gasteiger partial charge in [-0.1, -0.05) is 0 Å². The van der Waals surface area contributed by atoms with Crippen LogP contribution in [-0.4, -0.2) is 14.2 Å². The second-order valence-corrected chi connectivity index (χ2v) is 3.61. The summed E-state index contributed by atoms with van der Waals surface area (Å²) < 4.78 is 10.4. The first-order chi connectivity index (χ1) is 6.76. The number of nitrogens with two attached hydrogens (primary N) is 1. The largest absolute Gasteiger partial charge is 0.494 e. The average Bonchev–Trinajstić information content (AvgIpc) is 3.02. The number of methoxy groups -OCH3 is 2.